The minimum atomic E-state index is 1.16. The van der Waals surface area contributed by atoms with Crippen molar-refractivity contribution in [2.45, 2.75) is 0 Å². The van der Waals surface area contributed by atoms with E-state index in [1.807, 2.05) is 0 Å². The Balaban J connectivity index is 0.935. The molecule has 0 bridgehead atoms. The number of rotatable bonds is 4. The first-order valence-corrected chi connectivity index (χ1v) is 20.1. The highest BCUT2D eigenvalue weighted by Gasteiger charge is 2.23. The van der Waals surface area contributed by atoms with Crippen molar-refractivity contribution >= 4 is 65.2 Å². The molecule has 0 amide bonds. The molecule has 268 valence electrons. The molecule has 2 heteroatoms. The van der Waals surface area contributed by atoms with Crippen molar-refractivity contribution < 1.29 is 0 Å². The molecule has 0 saturated heterocycles. The number of benzene rings is 10. The highest BCUT2D eigenvalue weighted by molar-refractivity contribution is 6.23. The third kappa shape index (κ3) is 4.43. The molecule has 0 N–H and O–H groups in total. The van der Waals surface area contributed by atoms with Crippen LogP contribution in [0.15, 0.2) is 206 Å². The number of para-hydroxylation sites is 3. The molecule has 13 rings (SSSR count). The smallest absolute Gasteiger partial charge is 0.0541 e. The van der Waals surface area contributed by atoms with Crippen LogP contribution in [0.4, 0.5) is 0 Å². The number of hydrogen-bond acceptors (Lipinski definition) is 0. The van der Waals surface area contributed by atoms with Crippen molar-refractivity contribution in [3.63, 3.8) is 0 Å². The van der Waals surface area contributed by atoms with Crippen LogP contribution in [0.25, 0.3) is 121 Å². The van der Waals surface area contributed by atoms with Crippen LogP contribution in [0.3, 0.4) is 0 Å². The summed E-state index contributed by atoms with van der Waals surface area (Å²) in [7, 11) is 0. The highest BCUT2D eigenvalue weighted by atomic mass is 15.0. The lowest BCUT2D eigenvalue weighted by molar-refractivity contribution is 1.18. The monoisotopic (exact) mass is 734 g/mol. The molecular weight excluding hydrogens is 701 g/mol. The van der Waals surface area contributed by atoms with E-state index in [-0.39, 0.29) is 0 Å². The summed E-state index contributed by atoms with van der Waals surface area (Å²) in [6.07, 6.45) is 0. The van der Waals surface area contributed by atoms with E-state index in [4.69, 9.17) is 0 Å². The van der Waals surface area contributed by atoms with E-state index >= 15 is 0 Å². The molecule has 0 saturated carbocycles. The van der Waals surface area contributed by atoms with Gasteiger partial charge in [0, 0.05) is 32.9 Å². The van der Waals surface area contributed by atoms with Gasteiger partial charge in [-0.1, -0.05) is 133 Å². The van der Waals surface area contributed by atoms with E-state index in [1.54, 1.807) is 0 Å². The van der Waals surface area contributed by atoms with E-state index in [0.29, 0.717) is 0 Å². The summed E-state index contributed by atoms with van der Waals surface area (Å²) in [5, 5.41) is 10.3. The molecule has 1 aliphatic rings. The van der Waals surface area contributed by atoms with Crippen molar-refractivity contribution in [3.05, 3.63) is 206 Å². The maximum atomic E-state index is 2.44. The molecule has 0 unspecified atom stereocenters. The van der Waals surface area contributed by atoms with Gasteiger partial charge >= 0.3 is 0 Å². The van der Waals surface area contributed by atoms with E-state index < -0.39 is 0 Å². The maximum Gasteiger partial charge on any atom is 0.0541 e. The first kappa shape index (κ1) is 31.5. The van der Waals surface area contributed by atoms with Gasteiger partial charge in [0.25, 0.3) is 0 Å². The first-order valence-electron chi connectivity index (χ1n) is 20.1. The van der Waals surface area contributed by atoms with Crippen LogP contribution in [-0.4, -0.2) is 9.13 Å². The van der Waals surface area contributed by atoms with Gasteiger partial charge < -0.3 is 9.13 Å². The molecule has 0 aliphatic heterocycles. The molecule has 10 aromatic carbocycles. The van der Waals surface area contributed by atoms with Crippen LogP contribution in [-0.2, 0) is 0 Å². The SMILES string of the molecule is c1ccc(-n2c3ccccc3c3cc(-c4ccc5c(c4)c4ccccc4n5-c4cccc(-c5ccc6c(c5)-c5cc7ccccc7c7cccc-6c57)c4)ccc32)cc1. The van der Waals surface area contributed by atoms with E-state index in [1.165, 1.54) is 115 Å². The molecule has 1 aliphatic carbocycles. The van der Waals surface area contributed by atoms with E-state index in [9.17, 15) is 0 Å². The van der Waals surface area contributed by atoms with Gasteiger partial charge in [-0.2, -0.15) is 0 Å². The quantitative estimate of drug-likeness (QED) is 0.159. The van der Waals surface area contributed by atoms with Crippen LogP contribution < -0.4 is 0 Å². The summed E-state index contributed by atoms with van der Waals surface area (Å²) in [6, 6.07) is 76.2. The van der Waals surface area contributed by atoms with Crippen LogP contribution in [0, 0.1) is 0 Å². The molecule has 0 spiro atoms. The Bertz CT molecular complexity index is 3670. The Morgan fingerprint density at radius 1 is 0.241 bits per heavy atom. The second-order valence-corrected chi connectivity index (χ2v) is 15.7. The molecule has 0 radical (unpaired) electrons. The summed E-state index contributed by atoms with van der Waals surface area (Å²) in [5.74, 6) is 0. The minimum absolute atomic E-state index is 1.16. The zero-order valence-electron chi connectivity index (χ0n) is 31.5. The molecule has 0 fully saturated rings. The van der Waals surface area contributed by atoms with E-state index in [0.717, 1.165) is 5.69 Å². The van der Waals surface area contributed by atoms with Gasteiger partial charge in [-0.3, -0.25) is 0 Å². The van der Waals surface area contributed by atoms with Gasteiger partial charge in [-0.05, 0) is 139 Å². The number of fused-ring (bicyclic) bond motifs is 11. The lowest BCUT2D eigenvalue weighted by atomic mass is 9.95. The Labute approximate surface area is 335 Å². The summed E-state index contributed by atoms with van der Waals surface area (Å²) in [5.41, 5.74) is 17.3. The lowest BCUT2D eigenvalue weighted by Gasteiger charge is -2.12. The third-order valence-corrected chi connectivity index (χ3v) is 12.6. The van der Waals surface area contributed by atoms with Gasteiger partial charge in [0.15, 0.2) is 0 Å². The van der Waals surface area contributed by atoms with Gasteiger partial charge in [-0.25, -0.2) is 0 Å². The van der Waals surface area contributed by atoms with E-state index in [2.05, 4.69) is 215 Å². The normalized spacial score (nSPS) is 12.1. The summed E-state index contributed by atoms with van der Waals surface area (Å²) in [4.78, 5) is 0. The zero-order chi connectivity index (χ0) is 37.9. The Hall–Kier alpha value is -7.68. The predicted molar refractivity (Wildman–Crippen MR) is 245 cm³/mol. The van der Waals surface area contributed by atoms with Crippen LogP contribution in [0.5, 0.6) is 0 Å². The molecule has 12 aromatic rings. The largest absolute Gasteiger partial charge is 0.309 e. The number of aromatic nitrogens is 2. The Morgan fingerprint density at radius 2 is 0.776 bits per heavy atom. The first-order chi connectivity index (χ1) is 28.8. The predicted octanol–water partition coefficient (Wildman–Crippen LogP) is 15.2. The molecular formula is C56H34N2. The summed E-state index contributed by atoms with van der Waals surface area (Å²) >= 11 is 0. The maximum absolute atomic E-state index is 2.44. The molecule has 58 heavy (non-hydrogen) atoms. The summed E-state index contributed by atoms with van der Waals surface area (Å²) < 4.78 is 4.81. The molecule has 2 aromatic heterocycles. The summed E-state index contributed by atoms with van der Waals surface area (Å²) in [6.45, 7) is 0. The average Bonchev–Trinajstić information content (AvgIpc) is 3.92. The topological polar surface area (TPSA) is 9.86 Å². The van der Waals surface area contributed by atoms with Crippen molar-refractivity contribution in [3.8, 4) is 55.9 Å². The fourth-order valence-electron chi connectivity index (χ4n) is 10.0. The average molecular weight is 735 g/mol. The third-order valence-electron chi connectivity index (χ3n) is 12.6. The standard InChI is InChI=1S/C56H34N2/c1-2-14-40(15-3-1)57-52-22-8-6-18-44(52)49-32-37(25-28-54(49)57)38-26-29-55-50(33-38)45-19-7-9-23-53(45)58(55)41-16-10-13-35(30-41)36-24-27-43-47-21-11-20-46-42-17-5-4-12-39(42)34-51(56(46)47)48(43)31-36/h1-34H. The number of nitrogens with zero attached hydrogens (tertiary/aromatic N) is 2. The van der Waals surface area contributed by atoms with Crippen molar-refractivity contribution in [2.24, 2.45) is 0 Å². The molecule has 0 atom stereocenters. The van der Waals surface area contributed by atoms with Crippen LogP contribution >= 0.6 is 0 Å². The molecule has 2 nitrogen and oxygen atoms in total. The Morgan fingerprint density at radius 3 is 1.52 bits per heavy atom. The van der Waals surface area contributed by atoms with Gasteiger partial charge in [-0.15, -0.1) is 0 Å². The van der Waals surface area contributed by atoms with Crippen LogP contribution in [0.2, 0.25) is 0 Å². The van der Waals surface area contributed by atoms with Gasteiger partial charge in [0.05, 0.1) is 22.1 Å². The Kier molecular flexibility index (Phi) is 6.47. The van der Waals surface area contributed by atoms with Gasteiger partial charge in [0.1, 0.15) is 0 Å². The zero-order valence-corrected chi connectivity index (χ0v) is 31.5. The van der Waals surface area contributed by atoms with Crippen molar-refractivity contribution in [1.29, 1.82) is 0 Å². The highest BCUT2D eigenvalue weighted by Crippen LogP contribution is 2.50. The number of hydrogen-bond donors (Lipinski definition) is 0. The fourth-order valence-corrected chi connectivity index (χ4v) is 10.0. The lowest BCUT2D eigenvalue weighted by Crippen LogP contribution is -1.94. The minimum Gasteiger partial charge on any atom is -0.309 e. The molecule has 2 heterocycles. The van der Waals surface area contributed by atoms with Crippen molar-refractivity contribution in [1.82, 2.24) is 9.13 Å². The second kappa shape index (κ2) is 11.9. The van der Waals surface area contributed by atoms with Crippen LogP contribution in [0.1, 0.15) is 0 Å². The fraction of sp³-hybridized carbons (Fsp3) is 0. The van der Waals surface area contributed by atoms with Crippen molar-refractivity contribution in [2.75, 3.05) is 0 Å². The van der Waals surface area contributed by atoms with Gasteiger partial charge in [0.2, 0.25) is 0 Å². The second-order valence-electron chi connectivity index (χ2n) is 15.7.